The Morgan fingerprint density at radius 1 is 1.50 bits per heavy atom. The molecule has 82 valence electrons. The van der Waals surface area contributed by atoms with E-state index in [2.05, 4.69) is 15.3 Å². The second-order valence-electron chi connectivity index (χ2n) is 2.69. The standard InChI is InChI=1S/C8H6N4O3S/c9-6(13)11-7-12-8(16)10-5(15-7)4-2-1-3-14-4/h1-3H,(H3,9,11,12,13,16). The normalized spacial score (nSPS) is 10.0. The summed E-state index contributed by atoms with van der Waals surface area (Å²) < 4.78 is 10.2. The summed E-state index contributed by atoms with van der Waals surface area (Å²) in [6, 6.07) is 2.37. The van der Waals surface area contributed by atoms with Crippen LogP contribution in [0.25, 0.3) is 11.7 Å². The number of rotatable bonds is 2. The number of hydrogen-bond acceptors (Lipinski definition) is 6. The molecule has 16 heavy (non-hydrogen) atoms. The van der Waals surface area contributed by atoms with Crippen molar-refractivity contribution in [2.24, 2.45) is 5.73 Å². The SMILES string of the molecule is NC(=O)Nc1nc(=S)nc(-c2ccco2)o1. The number of nitrogens with one attached hydrogen (secondary N) is 1. The molecule has 2 aromatic heterocycles. The van der Waals surface area contributed by atoms with Crippen LogP contribution in [-0.4, -0.2) is 16.0 Å². The number of anilines is 1. The second kappa shape index (κ2) is 4.11. The van der Waals surface area contributed by atoms with E-state index in [0.717, 1.165) is 0 Å². The summed E-state index contributed by atoms with van der Waals surface area (Å²) in [5.41, 5.74) is 4.92. The van der Waals surface area contributed by atoms with Crippen LogP contribution in [0.4, 0.5) is 10.8 Å². The summed E-state index contributed by atoms with van der Waals surface area (Å²) in [6.45, 7) is 0. The molecular weight excluding hydrogens is 232 g/mol. The van der Waals surface area contributed by atoms with Gasteiger partial charge in [0.15, 0.2) is 5.76 Å². The van der Waals surface area contributed by atoms with Gasteiger partial charge in [0, 0.05) is 0 Å². The zero-order valence-corrected chi connectivity index (χ0v) is 8.65. The monoisotopic (exact) mass is 238 g/mol. The molecule has 0 aliphatic heterocycles. The van der Waals surface area contributed by atoms with Crippen molar-refractivity contribution >= 4 is 24.3 Å². The van der Waals surface area contributed by atoms with E-state index in [9.17, 15) is 4.79 Å². The Balaban J connectivity index is 2.44. The molecule has 0 aromatic carbocycles. The quantitative estimate of drug-likeness (QED) is 0.768. The van der Waals surface area contributed by atoms with Gasteiger partial charge in [-0.05, 0) is 24.4 Å². The van der Waals surface area contributed by atoms with Crippen molar-refractivity contribution in [1.82, 2.24) is 9.97 Å². The first-order valence-electron chi connectivity index (χ1n) is 4.14. The maximum absolute atomic E-state index is 10.6. The van der Waals surface area contributed by atoms with Gasteiger partial charge in [0.1, 0.15) is 0 Å². The number of carbonyl (C=O) groups is 1. The minimum Gasteiger partial charge on any atom is -0.459 e. The summed E-state index contributed by atoms with van der Waals surface area (Å²) >= 11 is 4.80. The van der Waals surface area contributed by atoms with E-state index in [1.54, 1.807) is 12.1 Å². The predicted molar refractivity (Wildman–Crippen MR) is 56.0 cm³/mol. The first kappa shape index (κ1) is 10.3. The van der Waals surface area contributed by atoms with Gasteiger partial charge in [-0.2, -0.15) is 9.97 Å². The lowest BCUT2D eigenvalue weighted by molar-refractivity contribution is 0.258. The van der Waals surface area contributed by atoms with Crippen molar-refractivity contribution in [3.8, 4) is 11.7 Å². The molecule has 2 aromatic rings. The fraction of sp³-hybridized carbons (Fsp3) is 0. The topological polar surface area (TPSA) is 107 Å². The summed E-state index contributed by atoms with van der Waals surface area (Å²) in [5.74, 6) is 0.495. The molecular formula is C8H6N4O3S. The lowest BCUT2D eigenvalue weighted by Crippen LogP contribution is -2.20. The van der Waals surface area contributed by atoms with Crippen molar-refractivity contribution < 1.29 is 13.6 Å². The average molecular weight is 238 g/mol. The number of hydrogen-bond donors (Lipinski definition) is 2. The molecule has 0 atom stereocenters. The van der Waals surface area contributed by atoms with Crippen LogP contribution in [0.1, 0.15) is 0 Å². The van der Waals surface area contributed by atoms with Crippen LogP contribution in [0, 0.1) is 4.77 Å². The Labute approximate surface area is 94.3 Å². The van der Waals surface area contributed by atoms with Gasteiger partial charge in [0.25, 0.3) is 5.89 Å². The van der Waals surface area contributed by atoms with Gasteiger partial charge in [-0.25, -0.2) is 4.79 Å². The number of nitrogens with two attached hydrogens (primary N) is 1. The van der Waals surface area contributed by atoms with Gasteiger partial charge in [0.2, 0.25) is 4.77 Å². The van der Waals surface area contributed by atoms with Gasteiger partial charge in [-0.3, -0.25) is 5.32 Å². The Morgan fingerprint density at radius 3 is 2.94 bits per heavy atom. The van der Waals surface area contributed by atoms with Gasteiger partial charge < -0.3 is 14.6 Å². The molecule has 0 radical (unpaired) electrons. The highest BCUT2D eigenvalue weighted by Gasteiger charge is 2.09. The molecule has 0 unspecified atom stereocenters. The number of amides is 2. The van der Waals surface area contributed by atoms with E-state index in [1.807, 2.05) is 0 Å². The molecule has 2 heterocycles. The van der Waals surface area contributed by atoms with Crippen LogP contribution < -0.4 is 11.1 Å². The number of primary amides is 1. The van der Waals surface area contributed by atoms with Gasteiger partial charge in [0.05, 0.1) is 6.26 Å². The largest absolute Gasteiger partial charge is 0.459 e. The van der Waals surface area contributed by atoms with E-state index in [1.165, 1.54) is 6.26 Å². The molecule has 2 rings (SSSR count). The Hall–Kier alpha value is -2.22. The smallest absolute Gasteiger partial charge is 0.320 e. The molecule has 0 bridgehead atoms. The summed E-state index contributed by atoms with van der Waals surface area (Å²) in [6.07, 6.45) is 1.46. The fourth-order valence-electron chi connectivity index (χ4n) is 1.00. The number of furan rings is 1. The highest BCUT2D eigenvalue weighted by Crippen LogP contribution is 2.19. The van der Waals surface area contributed by atoms with Crippen molar-refractivity contribution in [2.45, 2.75) is 0 Å². The Kier molecular flexibility index (Phi) is 2.64. The molecule has 7 nitrogen and oxygen atoms in total. The minimum atomic E-state index is -0.803. The van der Waals surface area contributed by atoms with Gasteiger partial charge in [-0.1, -0.05) is 0 Å². The molecule has 0 aliphatic rings. The van der Waals surface area contributed by atoms with E-state index < -0.39 is 6.03 Å². The third-order valence-corrected chi connectivity index (χ3v) is 1.73. The summed E-state index contributed by atoms with van der Waals surface area (Å²) in [5, 5.41) is 2.16. The van der Waals surface area contributed by atoms with E-state index in [0.29, 0.717) is 5.76 Å². The van der Waals surface area contributed by atoms with Crippen LogP contribution in [0.15, 0.2) is 27.2 Å². The van der Waals surface area contributed by atoms with Crippen LogP contribution in [0.5, 0.6) is 0 Å². The van der Waals surface area contributed by atoms with Gasteiger partial charge >= 0.3 is 12.0 Å². The third-order valence-electron chi connectivity index (χ3n) is 1.55. The van der Waals surface area contributed by atoms with Crippen molar-refractivity contribution in [1.29, 1.82) is 0 Å². The molecule has 0 saturated heterocycles. The fourth-order valence-corrected chi connectivity index (χ4v) is 1.17. The molecule has 0 spiro atoms. The molecule has 0 fully saturated rings. The number of urea groups is 1. The maximum Gasteiger partial charge on any atom is 0.320 e. The maximum atomic E-state index is 10.6. The Morgan fingerprint density at radius 2 is 2.31 bits per heavy atom. The Bertz CT molecular complexity index is 563. The zero-order valence-electron chi connectivity index (χ0n) is 7.84. The van der Waals surface area contributed by atoms with Crippen LogP contribution in [0.3, 0.4) is 0 Å². The first-order valence-corrected chi connectivity index (χ1v) is 4.55. The van der Waals surface area contributed by atoms with Gasteiger partial charge in [-0.15, -0.1) is 0 Å². The lowest BCUT2D eigenvalue weighted by atomic mass is 10.4. The first-order chi connectivity index (χ1) is 7.65. The summed E-state index contributed by atoms with van der Waals surface area (Å²) in [7, 11) is 0. The lowest BCUT2D eigenvalue weighted by Gasteiger charge is -2.00. The molecule has 2 amide bonds. The highest BCUT2D eigenvalue weighted by atomic mass is 32.1. The van der Waals surface area contributed by atoms with E-state index in [-0.39, 0.29) is 16.7 Å². The van der Waals surface area contributed by atoms with E-state index in [4.69, 9.17) is 26.8 Å². The summed E-state index contributed by atoms with van der Waals surface area (Å²) in [4.78, 5) is 18.1. The van der Waals surface area contributed by atoms with Crippen LogP contribution in [0.2, 0.25) is 0 Å². The number of nitrogens with zero attached hydrogens (tertiary/aromatic N) is 2. The number of aromatic nitrogens is 2. The number of carbonyl (C=O) groups excluding carboxylic acids is 1. The van der Waals surface area contributed by atoms with Crippen molar-refractivity contribution in [3.05, 3.63) is 23.2 Å². The average Bonchev–Trinajstić information content (AvgIpc) is 2.67. The molecule has 0 saturated carbocycles. The molecule has 8 heteroatoms. The predicted octanol–water partition coefficient (Wildman–Crippen LogP) is 1.55. The highest BCUT2D eigenvalue weighted by molar-refractivity contribution is 7.71. The minimum absolute atomic E-state index is 0.0152. The van der Waals surface area contributed by atoms with E-state index >= 15 is 0 Å². The zero-order chi connectivity index (χ0) is 11.5. The second-order valence-corrected chi connectivity index (χ2v) is 3.05. The van der Waals surface area contributed by atoms with Crippen LogP contribution in [-0.2, 0) is 0 Å². The third kappa shape index (κ3) is 2.23. The van der Waals surface area contributed by atoms with Crippen molar-refractivity contribution in [2.75, 3.05) is 5.32 Å². The molecule has 0 aliphatic carbocycles. The molecule has 3 N–H and O–H groups in total. The van der Waals surface area contributed by atoms with Crippen LogP contribution >= 0.6 is 12.2 Å². The van der Waals surface area contributed by atoms with Crippen molar-refractivity contribution in [3.63, 3.8) is 0 Å².